The van der Waals surface area contributed by atoms with E-state index >= 15 is 0 Å². The largest absolute Gasteiger partial charge is 0.364 e. The van der Waals surface area contributed by atoms with Crippen LogP contribution in [0.15, 0.2) is 18.2 Å². The zero-order valence-electron chi connectivity index (χ0n) is 12.5. The average molecular weight is 282 g/mol. The van der Waals surface area contributed by atoms with Crippen molar-refractivity contribution in [2.45, 2.75) is 45.7 Å². The molecule has 0 aliphatic carbocycles. The van der Waals surface area contributed by atoms with Crippen LogP contribution in [0.1, 0.15) is 33.6 Å². The van der Waals surface area contributed by atoms with Crippen LogP contribution in [0.25, 0.3) is 0 Å². The molecule has 1 saturated heterocycles. The Balaban J connectivity index is 2.16. The summed E-state index contributed by atoms with van der Waals surface area (Å²) in [5.74, 6) is -0.581. The summed E-state index contributed by atoms with van der Waals surface area (Å²) in [7, 11) is 0. The lowest BCUT2D eigenvalue weighted by molar-refractivity contribution is 0.268. The fourth-order valence-electron chi connectivity index (χ4n) is 3.06. The van der Waals surface area contributed by atoms with Crippen LogP contribution in [0.4, 0.5) is 14.5 Å². The second kappa shape index (κ2) is 6.53. The molecule has 112 valence electrons. The predicted octanol–water partition coefficient (Wildman–Crippen LogP) is 3.57. The van der Waals surface area contributed by atoms with Crippen LogP contribution >= 0.6 is 0 Å². The quantitative estimate of drug-likeness (QED) is 0.908. The molecule has 1 fully saturated rings. The highest BCUT2D eigenvalue weighted by Gasteiger charge is 2.34. The van der Waals surface area contributed by atoms with Crippen molar-refractivity contribution < 1.29 is 8.78 Å². The maximum absolute atomic E-state index is 13.9. The number of para-hydroxylation sites is 1. The lowest BCUT2D eigenvalue weighted by Gasteiger charge is -2.44. The molecule has 0 radical (unpaired) electrons. The van der Waals surface area contributed by atoms with Crippen LogP contribution in [0.2, 0.25) is 0 Å². The van der Waals surface area contributed by atoms with Crippen molar-refractivity contribution in [1.82, 2.24) is 5.32 Å². The first-order valence-corrected chi connectivity index (χ1v) is 7.50. The van der Waals surface area contributed by atoms with E-state index in [1.807, 2.05) is 4.90 Å². The summed E-state index contributed by atoms with van der Waals surface area (Å²) in [6.07, 6.45) is 2.02. The number of rotatable bonds is 4. The molecule has 0 bridgehead atoms. The summed E-state index contributed by atoms with van der Waals surface area (Å²) in [5.41, 5.74) is 0.126. The van der Waals surface area contributed by atoms with E-state index in [4.69, 9.17) is 0 Å². The zero-order chi connectivity index (χ0) is 14.7. The van der Waals surface area contributed by atoms with Crippen LogP contribution in [-0.2, 0) is 0 Å². The molecule has 2 rings (SSSR count). The standard InChI is InChI=1S/C16H24F2N2/c1-4-9-19-15-8-10-20(12(3)11(15)2)16-13(17)6-5-7-14(16)18/h5-7,11-12,15,19H,4,8-10H2,1-3H3. The molecule has 0 saturated carbocycles. The van der Waals surface area contributed by atoms with E-state index < -0.39 is 11.6 Å². The molecule has 2 nitrogen and oxygen atoms in total. The topological polar surface area (TPSA) is 15.3 Å². The van der Waals surface area contributed by atoms with Gasteiger partial charge in [0.25, 0.3) is 0 Å². The maximum Gasteiger partial charge on any atom is 0.149 e. The Kier molecular flexibility index (Phi) is 4.97. The van der Waals surface area contributed by atoms with Crippen molar-refractivity contribution in [3.05, 3.63) is 29.8 Å². The lowest BCUT2D eigenvalue weighted by Crippen LogP contribution is -2.54. The summed E-state index contributed by atoms with van der Waals surface area (Å²) in [6, 6.07) is 4.62. The Labute approximate surface area is 120 Å². The fraction of sp³-hybridized carbons (Fsp3) is 0.625. The molecule has 1 aromatic rings. The van der Waals surface area contributed by atoms with E-state index in [2.05, 4.69) is 26.1 Å². The summed E-state index contributed by atoms with van der Waals surface area (Å²) in [5, 5.41) is 3.54. The number of anilines is 1. The van der Waals surface area contributed by atoms with Gasteiger partial charge < -0.3 is 10.2 Å². The Hall–Kier alpha value is -1.16. The molecular weight excluding hydrogens is 258 g/mol. The van der Waals surface area contributed by atoms with Gasteiger partial charge in [0.2, 0.25) is 0 Å². The molecular formula is C16H24F2N2. The van der Waals surface area contributed by atoms with Crippen molar-refractivity contribution >= 4 is 5.69 Å². The van der Waals surface area contributed by atoms with Gasteiger partial charge in [-0.1, -0.05) is 19.9 Å². The minimum atomic E-state index is -0.469. The molecule has 1 N–H and O–H groups in total. The number of nitrogens with one attached hydrogen (secondary N) is 1. The van der Waals surface area contributed by atoms with Gasteiger partial charge in [0.15, 0.2) is 0 Å². The van der Waals surface area contributed by atoms with Crippen molar-refractivity contribution in [2.24, 2.45) is 5.92 Å². The van der Waals surface area contributed by atoms with Crippen LogP contribution < -0.4 is 10.2 Å². The summed E-state index contributed by atoms with van der Waals surface area (Å²) in [4.78, 5) is 1.87. The van der Waals surface area contributed by atoms with Gasteiger partial charge in [-0.2, -0.15) is 0 Å². The number of halogens is 2. The third kappa shape index (κ3) is 2.95. The highest BCUT2D eigenvalue weighted by atomic mass is 19.1. The van der Waals surface area contributed by atoms with E-state index in [1.54, 1.807) is 0 Å². The fourth-order valence-corrected chi connectivity index (χ4v) is 3.06. The third-order valence-electron chi connectivity index (χ3n) is 4.45. The summed E-state index contributed by atoms with van der Waals surface area (Å²) >= 11 is 0. The molecule has 0 amide bonds. The number of benzene rings is 1. The molecule has 1 heterocycles. The van der Waals surface area contributed by atoms with Crippen LogP contribution in [-0.4, -0.2) is 25.2 Å². The van der Waals surface area contributed by atoms with Crippen LogP contribution in [0, 0.1) is 17.6 Å². The first-order chi connectivity index (χ1) is 9.56. The van der Waals surface area contributed by atoms with Crippen molar-refractivity contribution in [1.29, 1.82) is 0 Å². The highest BCUT2D eigenvalue weighted by Crippen LogP contribution is 2.32. The van der Waals surface area contributed by atoms with Gasteiger partial charge in [0.05, 0.1) is 0 Å². The number of hydrogen-bond donors (Lipinski definition) is 1. The van der Waals surface area contributed by atoms with Crippen LogP contribution in [0.5, 0.6) is 0 Å². The molecule has 3 atom stereocenters. The van der Waals surface area contributed by atoms with Crippen molar-refractivity contribution in [3.63, 3.8) is 0 Å². The molecule has 0 aromatic heterocycles. The van der Waals surface area contributed by atoms with Gasteiger partial charge >= 0.3 is 0 Å². The SMILES string of the molecule is CCCNC1CCN(c2c(F)cccc2F)C(C)C1C. The Bertz CT molecular complexity index is 430. The monoisotopic (exact) mass is 282 g/mol. The second-order valence-electron chi connectivity index (χ2n) is 5.71. The molecule has 20 heavy (non-hydrogen) atoms. The summed E-state index contributed by atoms with van der Waals surface area (Å²) < 4.78 is 27.9. The highest BCUT2D eigenvalue weighted by molar-refractivity contribution is 5.50. The Morgan fingerprint density at radius 3 is 2.50 bits per heavy atom. The number of hydrogen-bond acceptors (Lipinski definition) is 2. The number of nitrogens with zero attached hydrogens (tertiary/aromatic N) is 1. The first kappa shape index (κ1) is 15.2. The van der Waals surface area contributed by atoms with Gasteiger partial charge in [0.1, 0.15) is 17.3 Å². The van der Waals surface area contributed by atoms with E-state index in [-0.39, 0.29) is 11.7 Å². The van der Waals surface area contributed by atoms with Gasteiger partial charge in [0, 0.05) is 18.6 Å². The predicted molar refractivity (Wildman–Crippen MR) is 79.0 cm³/mol. The van der Waals surface area contributed by atoms with E-state index in [9.17, 15) is 8.78 Å². The minimum absolute atomic E-state index is 0.115. The molecule has 1 aliphatic heterocycles. The number of piperidine rings is 1. The Morgan fingerprint density at radius 2 is 1.90 bits per heavy atom. The van der Waals surface area contributed by atoms with Gasteiger partial charge in [-0.05, 0) is 44.4 Å². The minimum Gasteiger partial charge on any atom is -0.364 e. The first-order valence-electron chi connectivity index (χ1n) is 7.50. The van der Waals surface area contributed by atoms with Crippen molar-refractivity contribution in [2.75, 3.05) is 18.0 Å². The molecule has 0 spiro atoms. The normalized spacial score (nSPS) is 26.9. The molecule has 1 aromatic carbocycles. The summed E-state index contributed by atoms with van der Waals surface area (Å²) in [6.45, 7) is 8.03. The van der Waals surface area contributed by atoms with Gasteiger partial charge in [-0.3, -0.25) is 0 Å². The van der Waals surface area contributed by atoms with Crippen LogP contribution in [0.3, 0.4) is 0 Å². The van der Waals surface area contributed by atoms with Gasteiger partial charge in [-0.25, -0.2) is 8.78 Å². The molecule has 4 heteroatoms. The van der Waals surface area contributed by atoms with E-state index in [0.29, 0.717) is 18.5 Å². The third-order valence-corrected chi connectivity index (χ3v) is 4.45. The van der Waals surface area contributed by atoms with Crippen molar-refractivity contribution in [3.8, 4) is 0 Å². The molecule has 1 aliphatic rings. The smallest absolute Gasteiger partial charge is 0.149 e. The zero-order valence-corrected chi connectivity index (χ0v) is 12.5. The van der Waals surface area contributed by atoms with Gasteiger partial charge in [-0.15, -0.1) is 0 Å². The lowest BCUT2D eigenvalue weighted by atomic mass is 9.86. The van der Waals surface area contributed by atoms with E-state index in [1.165, 1.54) is 18.2 Å². The second-order valence-corrected chi connectivity index (χ2v) is 5.71. The maximum atomic E-state index is 13.9. The molecule has 3 unspecified atom stereocenters. The van der Waals surface area contributed by atoms with E-state index in [0.717, 1.165) is 19.4 Å². The Morgan fingerprint density at radius 1 is 1.25 bits per heavy atom. The average Bonchev–Trinajstić information content (AvgIpc) is 2.42.